The van der Waals surface area contributed by atoms with Crippen molar-refractivity contribution < 1.29 is 12.6 Å². The van der Waals surface area contributed by atoms with E-state index in [-0.39, 0.29) is 6.61 Å². The highest BCUT2D eigenvalue weighted by atomic mass is 32.8. The molecule has 3 nitrogen and oxygen atoms in total. The van der Waals surface area contributed by atoms with Gasteiger partial charge in [-0.2, -0.15) is 8.42 Å². The lowest BCUT2D eigenvalue weighted by molar-refractivity contribution is 0.328. The van der Waals surface area contributed by atoms with Crippen LogP contribution < -0.4 is 15.9 Å². The Hall–Kier alpha value is -2.00. The van der Waals surface area contributed by atoms with E-state index in [1.807, 2.05) is 97.9 Å². The zero-order valence-electron chi connectivity index (χ0n) is 14.7. The van der Waals surface area contributed by atoms with Gasteiger partial charge >= 0.3 is 9.74 Å². The summed E-state index contributed by atoms with van der Waals surface area (Å²) in [7, 11) is -3.89. The lowest BCUT2D eigenvalue weighted by Gasteiger charge is -2.25. The first kappa shape index (κ1) is 18.8. The molecule has 0 heterocycles. The SMILES string of the molecule is CCCOS(=O)(=O)[P+](c1ccccc1)(c1ccccc1)c1ccccc1. The van der Waals surface area contributed by atoms with Crippen molar-refractivity contribution >= 4 is 32.1 Å². The summed E-state index contributed by atoms with van der Waals surface area (Å²) in [6, 6.07) is 28.3. The Balaban J connectivity index is 2.40. The normalized spacial score (nSPS) is 12.0. The quantitative estimate of drug-likeness (QED) is 0.583. The zero-order chi connectivity index (χ0) is 18.5. The van der Waals surface area contributed by atoms with E-state index < -0.39 is 16.2 Å². The summed E-state index contributed by atoms with van der Waals surface area (Å²) in [6.07, 6.45) is 0.637. The van der Waals surface area contributed by atoms with Gasteiger partial charge in [0.15, 0.2) is 0 Å². The van der Waals surface area contributed by atoms with Crippen LogP contribution in [0.25, 0.3) is 0 Å². The molecular formula is C21H22O3PS+. The molecule has 0 saturated carbocycles. The summed E-state index contributed by atoms with van der Waals surface area (Å²) in [5.74, 6) is 0. The Kier molecular flexibility index (Phi) is 5.87. The summed E-state index contributed by atoms with van der Waals surface area (Å²) < 4.78 is 32.8. The zero-order valence-corrected chi connectivity index (χ0v) is 16.4. The molecule has 26 heavy (non-hydrogen) atoms. The van der Waals surface area contributed by atoms with Gasteiger partial charge < -0.3 is 0 Å². The van der Waals surface area contributed by atoms with Crippen molar-refractivity contribution in [3.63, 3.8) is 0 Å². The third kappa shape index (κ3) is 3.33. The van der Waals surface area contributed by atoms with Crippen molar-refractivity contribution in [2.75, 3.05) is 6.61 Å². The van der Waals surface area contributed by atoms with Crippen LogP contribution in [0.4, 0.5) is 0 Å². The van der Waals surface area contributed by atoms with E-state index in [0.717, 1.165) is 15.9 Å². The van der Waals surface area contributed by atoms with Crippen molar-refractivity contribution in [2.45, 2.75) is 13.3 Å². The summed E-state index contributed by atoms with van der Waals surface area (Å²) in [5.41, 5.74) is 0. The molecule has 0 unspecified atom stereocenters. The molecule has 5 heteroatoms. The van der Waals surface area contributed by atoms with E-state index in [4.69, 9.17) is 4.18 Å². The molecule has 3 aromatic carbocycles. The average Bonchev–Trinajstić information content (AvgIpc) is 2.69. The van der Waals surface area contributed by atoms with Crippen LogP contribution in [0.5, 0.6) is 0 Å². The Morgan fingerprint density at radius 1 is 0.692 bits per heavy atom. The van der Waals surface area contributed by atoms with E-state index >= 15 is 0 Å². The monoisotopic (exact) mass is 385 g/mol. The third-order valence-electron chi connectivity index (χ3n) is 4.13. The fourth-order valence-corrected chi connectivity index (χ4v) is 11.1. The maximum Gasteiger partial charge on any atom is 0.398 e. The Morgan fingerprint density at radius 3 is 1.35 bits per heavy atom. The summed E-state index contributed by atoms with van der Waals surface area (Å²) in [4.78, 5) is 0. The summed E-state index contributed by atoms with van der Waals surface area (Å²) >= 11 is 0. The van der Waals surface area contributed by atoms with Gasteiger partial charge in [-0.1, -0.05) is 61.5 Å². The van der Waals surface area contributed by atoms with Crippen LogP contribution >= 0.6 is 6.46 Å². The molecule has 3 rings (SSSR count). The Morgan fingerprint density at radius 2 is 1.04 bits per heavy atom. The minimum atomic E-state index is -3.89. The summed E-state index contributed by atoms with van der Waals surface area (Å²) in [6.45, 7) is -0.953. The molecule has 0 radical (unpaired) electrons. The van der Waals surface area contributed by atoms with Gasteiger partial charge in [-0.25, -0.2) is 4.18 Å². The molecule has 0 bridgehead atoms. The van der Waals surface area contributed by atoms with Crippen molar-refractivity contribution in [1.82, 2.24) is 0 Å². The molecule has 0 fully saturated rings. The molecule has 0 amide bonds. The smallest absolute Gasteiger partial charge is 0.241 e. The molecule has 0 aromatic heterocycles. The van der Waals surface area contributed by atoms with Crippen LogP contribution in [0.3, 0.4) is 0 Å². The molecule has 0 spiro atoms. The van der Waals surface area contributed by atoms with Gasteiger partial charge in [0.1, 0.15) is 15.9 Å². The largest absolute Gasteiger partial charge is 0.398 e. The van der Waals surface area contributed by atoms with Crippen molar-refractivity contribution in [1.29, 1.82) is 0 Å². The van der Waals surface area contributed by atoms with Crippen LogP contribution in [0, 0.1) is 0 Å². The van der Waals surface area contributed by atoms with Crippen LogP contribution in [0.2, 0.25) is 0 Å². The molecule has 0 aliphatic carbocycles. The van der Waals surface area contributed by atoms with Crippen molar-refractivity contribution in [2.24, 2.45) is 0 Å². The lowest BCUT2D eigenvalue weighted by atomic mass is 10.4. The highest BCUT2D eigenvalue weighted by Crippen LogP contribution is 2.61. The predicted molar refractivity (Wildman–Crippen MR) is 110 cm³/mol. The van der Waals surface area contributed by atoms with Crippen molar-refractivity contribution in [3.05, 3.63) is 91.0 Å². The highest BCUT2D eigenvalue weighted by molar-refractivity contribution is 8.62. The van der Waals surface area contributed by atoms with Crippen LogP contribution in [0.1, 0.15) is 13.3 Å². The Bertz CT molecular complexity index is 830. The van der Waals surface area contributed by atoms with E-state index in [0.29, 0.717) is 6.42 Å². The van der Waals surface area contributed by atoms with Gasteiger partial charge in [-0.15, -0.1) is 0 Å². The number of hydrogen-bond donors (Lipinski definition) is 0. The van der Waals surface area contributed by atoms with E-state index in [9.17, 15) is 8.42 Å². The van der Waals surface area contributed by atoms with E-state index in [1.165, 1.54) is 0 Å². The van der Waals surface area contributed by atoms with E-state index in [1.54, 1.807) is 0 Å². The topological polar surface area (TPSA) is 43.4 Å². The highest BCUT2D eigenvalue weighted by Gasteiger charge is 2.59. The Labute approximate surface area is 155 Å². The van der Waals surface area contributed by atoms with Gasteiger partial charge in [0.05, 0.1) is 6.61 Å². The predicted octanol–water partition coefficient (Wildman–Crippen LogP) is 3.65. The summed E-state index contributed by atoms with van der Waals surface area (Å²) in [5, 5.41) is 2.32. The van der Waals surface area contributed by atoms with Gasteiger partial charge in [-0.3, -0.25) is 0 Å². The molecule has 0 N–H and O–H groups in total. The molecule has 0 aliphatic heterocycles. The number of hydrogen-bond acceptors (Lipinski definition) is 3. The minimum Gasteiger partial charge on any atom is -0.241 e. The second kappa shape index (κ2) is 8.13. The fraction of sp³-hybridized carbons (Fsp3) is 0.143. The first-order chi connectivity index (χ1) is 12.6. The molecule has 0 saturated heterocycles. The van der Waals surface area contributed by atoms with Crippen LogP contribution in [-0.2, 0) is 13.9 Å². The second-order valence-electron chi connectivity index (χ2n) is 5.87. The minimum absolute atomic E-state index is 0.177. The molecule has 134 valence electrons. The molecule has 0 aliphatic rings. The standard InChI is InChI=1S/C21H22O3PS/c1-2-18-24-26(22,23)25(19-12-6-3-7-13-19,20-14-8-4-9-15-20)21-16-10-5-11-17-21/h3-17H,2,18H2,1H3/q+1. The molecular weight excluding hydrogens is 363 g/mol. The van der Waals surface area contributed by atoms with Gasteiger partial charge in [0.2, 0.25) is 0 Å². The van der Waals surface area contributed by atoms with Gasteiger partial charge in [-0.05, 0) is 42.8 Å². The second-order valence-corrected chi connectivity index (χ2v) is 12.7. The van der Waals surface area contributed by atoms with Crippen LogP contribution in [-0.4, -0.2) is 15.0 Å². The maximum absolute atomic E-state index is 13.6. The average molecular weight is 385 g/mol. The first-order valence-electron chi connectivity index (χ1n) is 8.58. The van der Waals surface area contributed by atoms with Crippen LogP contribution in [0.15, 0.2) is 91.0 Å². The van der Waals surface area contributed by atoms with Crippen molar-refractivity contribution in [3.8, 4) is 0 Å². The maximum atomic E-state index is 13.6. The van der Waals surface area contributed by atoms with Gasteiger partial charge in [0, 0.05) is 0 Å². The third-order valence-corrected chi connectivity index (χ3v) is 12.6. The lowest BCUT2D eigenvalue weighted by Crippen LogP contribution is -2.37. The fourth-order valence-electron chi connectivity index (χ4n) is 3.02. The molecule has 0 atom stereocenters. The number of benzene rings is 3. The molecule has 3 aromatic rings. The van der Waals surface area contributed by atoms with E-state index in [2.05, 4.69) is 0 Å². The first-order valence-corrected chi connectivity index (χ1v) is 12.4. The number of rotatable bonds is 7. The van der Waals surface area contributed by atoms with Gasteiger partial charge in [0.25, 0.3) is 6.46 Å².